The second-order valence-electron chi connectivity index (χ2n) is 2.10. The topological polar surface area (TPSA) is 60.7 Å². The molecule has 0 unspecified atom stereocenters. The molecule has 12 heavy (non-hydrogen) atoms. The van der Waals surface area contributed by atoms with Crippen molar-refractivity contribution < 1.29 is 14.7 Å². The molecule has 0 bridgehead atoms. The van der Waals surface area contributed by atoms with Gasteiger partial charge in [0.25, 0.3) is 0 Å². The summed E-state index contributed by atoms with van der Waals surface area (Å²) in [5.41, 5.74) is -0.613. The van der Waals surface area contributed by atoms with Crippen molar-refractivity contribution in [1.82, 2.24) is 4.73 Å². The second kappa shape index (κ2) is 3.17. The van der Waals surface area contributed by atoms with E-state index in [2.05, 4.69) is 0 Å². The third-order valence-electron chi connectivity index (χ3n) is 1.40. The first-order chi connectivity index (χ1) is 5.69. The Bertz CT molecular complexity index is 331. The zero-order chi connectivity index (χ0) is 9.14. The average molecular weight is 171 g/mol. The summed E-state index contributed by atoms with van der Waals surface area (Å²) in [4.78, 5) is 11.0. The Balaban J connectivity index is 3.29. The van der Waals surface area contributed by atoms with Crippen LogP contribution in [-0.2, 0) is 0 Å². The zero-order valence-electron chi connectivity index (χ0n) is 6.77. The maximum atomic E-state index is 11.0. The molecule has 0 radical (unpaired) electrons. The van der Waals surface area contributed by atoms with Crippen LogP contribution in [0, 0.1) is 0 Å². The van der Waals surface area contributed by atoms with Gasteiger partial charge in [0.15, 0.2) is 5.75 Å². The smallest absolute Gasteiger partial charge is 0.325 e. The van der Waals surface area contributed by atoms with Crippen LogP contribution < -0.4 is 15.0 Å². The van der Waals surface area contributed by atoms with Crippen LogP contribution in [0.4, 0.5) is 0 Å². The van der Waals surface area contributed by atoms with E-state index in [1.807, 2.05) is 0 Å². The lowest BCUT2D eigenvalue weighted by molar-refractivity contribution is 0.166. The predicted octanol–water partition coefficient (Wildman–Crippen LogP) is 0.103. The molecule has 0 aliphatic heterocycles. The molecule has 0 atom stereocenters. The quantitative estimate of drug-likeness (QED) is 0.641. The molecule has 0 saturated heterocycles. The minimum Gasteiger partial charge on any atom is -0.495 e. The van der Waals surface area contributed by atoms with E-state index in [9.17, 15) is 4.79 Å². The molecule has 0 spiro atoms. The monoisotopic (exact) mass is 171 g/mol. The van der Waals surface area contributed by atoms with Gasteiger partial charge >= 0.3 is 5.56 Å². The highest BCUT2D eigenvalue weighted by atomic mass is 16.5. The van der Waals surface area contributed by atoms with Crippen LogP contribution in [-0.4, -0.2) is 24.2 Å². The number of pyridine rings is 1. The van der Waals surface area contributed by atoms with Gasteiger partial charge in [-0.1, -0.05) is 0 Å². The largest absolute Gasteiger partial charge is 0.495 e. The number of nitrogens with zero attached hydrogens (tertiary/aromatic N) is 1. The standard InChI is InChI=1S/C7H9NO4/c1-11-5-3-6(12-2)7(9)8(10)4-5/h3-4,10H,1-2H3. The van der Waals surface area contributed by atoms with Crippen LogP contribution in [0.5, 0.6) is 11.5 Å². The average Bonchev–Trinajstić information content (AvgIpc) is 2.09. The SMILES string of the molecule is COc1cc(OC)c(=O)n(O)c1. The van der Waals surface area contributed by atoms with Crippen LogP contribution in [0.3, 0.4) is 0 Å². The number of hydrogen-bond acceptors (Lipinski definition) is 4. The molecule has 0 fully saturated rings. The predicted molar refractivity (Wildman–Crippen MR) is 41.0 cm³/mol. The summed E-state index contributed by atoms with van der Waals surface area (Å²) < 4.78 is 9.90. The molecule has 1 aromatic rings. The maximum Gasteiger partial charge on any atom is 0.325 e. The maximum absolute atomic E-state index is 11.0. The van der Waals surface area contributed by atoms with Gasteiger partial charge < -0.3 is 14.7 Å². The first kappa shape index (κ1) is 8.45. The van der Waals surface area contributed by atoms with Crippen molar-refractivity contribution in [3.63, 3.8) is 0 Å². The zero-order valence-corrected chi connectivity index (χ0v) is 6.77. The van der Waals surface area contributed by atoms with Crippen LogP contribution in [0.1, 0.15) is 0 Å². The molecule has 0 amide bonds. The number of ether oxygens (including phenoxy) is 2. The van der Waals surface area contributed by atoms with Crippen molar-refractivity contribution in [2.24, 2.45) is 0 Å². The van der Waals surface area contributed by atoms with E-state index in [-0.39, 0.29) is 5.75 Å². The molecule has 1 N–H and O–H groups in total. The van der Waals surface area contributed by atoms with Gasteiger partial charge in [-0.3, -0.25) is 4.79 Å². The fourth-order valence-corrected chi connectivity index (χ4v) is 0.778. The third kappa shape index (κ3) is 1.34. The minimum atomic E-state index is -0.613. The highest BCUT2D eigenvalue weighted by molar-refractivity contribution is 5.28. The van der Waals surface area contributed by atoms with Gasteiger partial charge in [-0.2, -0.15) is 0 Å². The number of aromatic nitrogens is 1. The van der Waals surface area contributed by atoms with Crippen LogP contribution in [0.2, 0.25) is 0 Å². The van der Waals surface area contributed by atoms with Gasteiger partial charge in [0.05, 0.1) is 20.4 Å². The van der Waals surface area contributed by atoms with Gasteiger partial charge in [0.2, 0.25) is 0 Å². The number of methoxy groups -OCH3 is 2. The molecule has 0 aliphatic carbocycles. The van der Waals surface area contributed by atoms with Crippen molar-refractivity contribution in [2.45, 2.75) is 0 Å². The Morgan fingerprint density at radius 2 is 2.08 bits per heavy atom. The van der Waals surface area contributed by atoms with E-state index in [0.717, 1.165) is 6.20 Å². The first-order valence-corrected chi connectivity index (χ1v) is 3.23. The van der Waals surface area contributed by atoms with E-state index in [1.54, 1.807) is 0 Å². The normalized spacial score (nSPS) is 9.50. The van der Waals surface area contributed by atoms with Crippen LogP contribution in [0.25, 0.3) is 0 Å². The van der Waals surface area contributed by atoms with E-state index < -0.39 is 5.56 Å². The van der Waals surface area contributed by atoms with Crippen molar-refractivity contribution in [3.8, 4) is 11.5 Å². The molecule has 0 saturated carbocycles. The lowest BCUT2D eigenvalue weighted by Crippen LogP contribution is -2.18. The highest BCUT2D eigenvalue weighted by Gasteiger charge is 2.05. The van der Waals surface area contributed by atoms with Crippen molar-refractivity contribution in [1.29, 1.82) is 0 Å². The summed E-state index contributed by atoms with van der Waals surface area (Å²) >= 11 is 0. The molecular formula is C7H9NO4. The second-order valence-corrected chi connectivity index (χ2v) is 2.10. The van der Waals surface area contributed by atoms with E-state index in [4.69, 9.17) is 14.7 Å². The summed E-state index contributed by atoms with van der Waals surface area (Å²) in [5, 5.41) is 8.99. The number of rotatable bonds is 2. The lowest BCUT2D eigenvalue weighted by atomic mass is 10.4. The lowest BCUT2D eigenvalue weighted by Gasteiger charge is -2.04. The number of hydrogen-bond donors (Lipinski definition) is 1. The van der Waals surface area contributed by atoms with Crippen molar-refractivity contribution >= 4 is 0 Å². The first-order valence-electron chi connectivity index (χ1n) is 3.23. The van der Waals surface area contributed by atoms with Crippen molar-refractivity contribution in [2.75, 3.05) is 14.2 Å². The van der Waals surface area contributed by atoms with Gasteiger partial charge in [-0.25, -0.2) is 0 Å². The molecule has 1 heterocycles. The Morgan fingerprint density at radius 3 is 2.58 bits per heavy atom. The molecular weight excluding hydrogens is 162 g/mol. The van der Waals surface area contributed by atoms with Crippen LogP contribution in [0.15, 0.2) is 17.1 Å². The molecule has 0 aliphatic rings. The Morgan fingerprint density at radius 1 is 1.42 bits per heavy atom. The molecule has 66 valence electrons. The Hall–Kier alpha value is -1.65. The molecule has 1 rings (SSSR count). The molecule has 1 aromatic heterocycles. The van der Waals surface area contributed by atoms with E-state index in [1.165, 1.54) is 20.3 Å². The Labute approximate surface area is 68.7 Å². The molecule has 0 aromatic carbocycles. The van der Waals surface area contributed by atoms with E-state index >= 15 is 0 Å². The minimum absolute atomic E-state index is 0.0388. The fraction of sp³-hybridized carbons (Fsp3) is 0.286. The van der Waals surface area contributed by atoms with E-state index in [0.29, 0.717) is 10.5 Å². The summed E-state index contributed by atoms with van der Waals surface area (Å²) in [6.45, 7) is 0. The third-order valence-corrected chi connectivity index (χ3v) is 1.40. The summed E-state index contributed by atoms with van der Waals surface area (Å²) in [5.74, 6) is 0.394. The summed E-state index contributed by atoms with van der Waals surface area (Å²) in [6.07, 6.45) is 1.16. The summed E-state index contributed by atoms with van der Waals surface area (Å²) in [6, 6.07) is 1.40. The highest BCUT2D eigenvalue weighted by Crippen LogP contribution is 2.12. The van der Waals surface area contributed by atoms with Gasteiger partial charge in [-0.05, 0) is 0 Å². The van der Waals surface area contributed by atoms with Crippen molar-refractivity contribution in [3.05, 3.63) is 22.6 Å². The Kier molecular flexibility index (Phi) is 2.23. The molecule has 5 nitrogen and oxygen atoms in total. The fourth-order valence-electron chi connectivity index (χ4n) is 0.778. The van der Waals surface area contributed by atoms with Gasteiger partial charge in [-0.15, -0.1) is 4.73 Å². The van der Waals surface area contributed by atoms with Crippen LogP contribution >= 0.6 is 0 Å². The molecule has 5 heteroatoms. The summed E-state index contributed by atoms with van der Waals surface area (Å²) in [7, 11) is 2.77. The van der Waals surface area contributed by atoms with Gasteiger partial charge in [0, 0.05) is 6.07 Å². The van der Waals surface area contributed by atoms with Gasteiger partial charge in [0.1, 0.15) is 5.75 Å².